The molecule has 1 aromatic carbocycles. The molecule has 0 bridgehead atoms. The van der Waals surface area contributed by atoms with Crippen LogP contribution in [0.25, 0.3) is 0 Å². The predicted molar refractivity (Wildman–Crippen MR) is 77.5 cm³/mol. The molecule has 2 N–H and O–H groups in total. The molecule has 1 saturated heterocycles. The van der Waals surface area contributed by atoms with Gasteiger partial charge in [0, 0.05) is 13.0 Å². The van der Waals surface area contributed by atoms with Crippen LogP contribution in [0.1, 0.15) is 38.8 Å². The van der Waals surface area contributed by atoms with Gasteiger partial charge in [0.2, 0.25) is 5.91 Å². The van der Waals surface area contributed by atoms with Crippen molar-refractivity contribution in [1.82, 2.24) is 4.90 Å². The Morgan fingerprint density at radius 1 is 1.32 bits per heavy atom. The molecule has 2 atom stereocenters. The standard InChI is InChI=1S/C16H24N2O/c1-16(2,3)15(13-7-5-4-6-8-13)18-11-12(10-17)9-14(18)19/h4-8,12,15H,9-11,17H2,1-3H3. The lowest BCUT2D eigenvalue weighted by Crippen LogP contribution is -2.38. The molecule has 3 heteroatoms. The van der Waals surface area contributed by atoms with Gasteiger partial charge in [-0.1, -0.05) is 51.1 Å². The molecular weight excluding hydrogens is 236 g/mol. The van der Waals surface area contributed by atoms with E-state index in [-0.39, 0.29) is 17.4 Å². The van der Waals surface area contributed by atoms with Gasteiger partial charge in [0.1, 0.15) is 0 Å². The molecule has 1 fully saturated rings. The van der Waals surface area contributed by atoms with Gasteiger partial charge in [-0.15, -0.1) is 0 Å². The van der Waals surface area contributed by atoms with Gasteiger partial charge in [0.25, 0.3) is 0 Å². The topological polar surface area (TPSA) is 46.3 Å². The number of nitrogens with zero attached hydrogens (tertiary/aromatic N) is 1. The fourth-order valence-corrected chi connectivity index (χ4v) is 3.00. The van der Waals surface area contributed by atoms with Crippen LogP contribution >= 0.6 is 0 Å². The summed E-state index contributed by atoms with van der Waals surface area (Å²) in [6.45, 7) is 7.94. The zero-order valence-corrected chi connectivity index (χ0v) is 12.1. The second-order valence-electron chi connectivity index (χ2n) is 6.53. The third-order valence-electron chi connectivity index (χ3n) is 3.82. The molecule has 1 heterocycles. The van der Waals surface area contributed by atoms with E-state index in [1.54, 1.807) is 0 Å². The van der Waals surface area contributed by atoms with Crippen molar-refractivity contribution >= 4 is 5.91 Å². The Kier molecular flexibility index (Phi) is 3.95. The van der Waals surface area contributed by atoms with Gasteiger partial charge in [-0.2, -0.15) is 0 Å². The predicted octanol–water partition coefficient (Wildman–Crippen LogP) is 2.58. The van der Waals surface area contributed by atoms with Crippen LogP contribution in [-0.4, -0.2) is 23.9 Å². The summed E-state index contributed by atoms with van der Waals surface area (Å²) in [6, 6.07) is 10.4. The third kappa shape index (κ3) is 2.98. The van der Waals surface area contributed by atoms with Crippen LogP contribution in [-0.2, 0) is 4.79 Å². The number of likely N-dealkylation sites (tertiary alicyclic amines) is 1. The number of amides is 1. The number of nitrogens with two attached hydrogens (primary N) is 1. The Morgan fingerprint density at radius 3 is 2.42 bits per heavy atom. The summed E-state index contributed by atoms with van der Waals surface area (Å²) < 4.78 is 0. The number of benzene rings is 1. The van der Waals surface area contributed by atoms with Crippen LogP contribution < -0.4 is 5.73 Å². The van der Waals surface area contributed by atoms with E-state index in [0.29, 0.717) is 18.9 Å². The van der Waals surface area contributed by atoms with E-state index >= 15 is 0 Å². The lowest BCUT2D eigenvalue weighted by Gasteiger charge is -2.38. The maximum Gasteiger partial charge on any atom is 0.223 e. The van der Waals surface area contributed by atoms with Gasteiger partial charge in [-0.05, 0) is 23.4 Å². The highest BCUT2D eigenvalue weighted by molar-refractivity contribution is 5.79. The summed E-state index contributed by atoms with van der Waals surface area (Å²) in [5.41, 5.74) is 6.95. The molecule has 2 unspecified atom stereocenters. The number of hydrogen-bond donors (Lipinski definition) is 1. The average molecular weight is 260 g/mol. The lowest BCUT2D eigenvalue weighted by molar-refractivity contribution is -0.132. The minimum Gasteiger partial charge on any atom is -0.335 e. The summed E-state index contributed by atoms with van der Waals surface area (Å²) in [4.78, 5) is 14.3. The third-order valence-corrected chi connectivity index (χ3v) is 3.82. The molecule has 0 radical (unpaired) electrons. The maximum absolute atomic E-state index is 12.3. The zero-order valence-electron chi connectivity index (χ0n) is 12.1. The summed E-state index contributed by atoms with van der Waals surface area (Å²) in [6.07, 6.45) is 0.593. The summed E-state index contributed by atoms with van der Waals surface area (Å²) in [5, 5.41) is 0. The molecule has 2 rings (SSSR count). The maximum atomic E-state index is 12.3. The number of hydrogen-bond acceptors (Lipinski definition) is 2. The molecule has 1 aliphatic rings. The second-order valence-corrected chi connectivity index (χ2v) is 6.53. The van der Waals surface area contributed by atoms with Crippen LogP contribution in [0.5, 0.6) is 0 Å². The van der Waals surface area contributed by atoms with Gasteiger partial charge in [-0.25, -0.2) is 0 Å². The number of rotatable bonds is 3. The fourth-order valence-electron chi connectivity index (χ4n) is 3.00. The summed E-state index contributed by atoms with van der Waals surface area (Å²) in [7, 11) is 0. The van der Waals surface area contributed by atoms with E-state index in [2.05, 4.69) is 32.9 Å². The number of carbonyl (C=O) groups is 1. The normalized spacial score (nSPS) is 21.8. The summed E-state index contributed by atoms with van der Waals surface area (Å²) in [5.74, 6) is 0.542. The van der Waals surface area contributed by atoms with Gasteiger partial charge >= 0.3 is 0 Å². The van der Waals surface area contributed by atoms with Crippen molar-refractivity contribution in [2.75, 3.05) is 13.1 Å². The van der Waals surface area contributed by atoms with Crippen molar-refractivity contribution in [2.24, 2.45) is 17.1 Å². The molecule has 0 aromatic heterocycles. The Hall–Kier alpha value is -1.35. The SMILES string of the molecule is CC(C)(C)C(c1ccccc1)N1CC(CN)CC1=O. The average Bonchev–Trinajstić information content (AvgIpc) is 2.71. The molecule has 0 aliphatic carbocycles. The first kappa shape index (κ1) is 14.1. The minimum absolute atomic E-state index is 0.0144. The molecule has 1 aliphatic heterocycles. The first-order chi connectivity index (χ1) is 8.93. The van der Waals surface area contributed by atoms with Crippen molar-refractivity contribution < 1.29 is 4.79 Å². The molecular formula is C16H24N2O. The fraction of sp³-hybridized carbons (Fsp3) is 0.562. The molecule has 0 saturated carbocycles. The molecule has 19 heavy (non-hydrogen) atoms. The minimum atomic E-state index is 0.0144. The van der Waals surface area contributed by atoms with Crippen LogP contribution in [0.2, 0.25) is 0 Å². The van der Waals surface area contributed by atoms with Gasteiger partial charge in [0.15, 0.2) is 0 Å². The molecule has 104 valence electrons. The van der Waals surface area contributed by atoms with Crippen LogP contribution in [0.15, 0.2) is 30.3 Å². The van der Waals surface area contributed by atoms with E-state index < -0.39 is 0 Å². The van der Waals surface area contributed by atoms with Crippen molar-refractivity contribution in [3.8, 4) is 0 Å². The first-order valence-corrected chi connectivity index (χ1v) is 6.98. The van der Waals surface area contributed by atoms with E-state index in [1.807, 2.05) is 23.1 Å². The molecule has 1 amide bonds. The van der Waals surface area contributed by atoms with Crippen LogP contribution in [0.3, 0.4) is 0 Å². The van der Waals surface area contributed by atoms with Crippen molar-refractivity contribution in [1.29, 1.82) is 0 Å². The quantitative estimate of drug-likeness (QED) is 0.908. The molecule has 1 aromatic rings. The largest absolute Gasteiger partial charge is 0.335 e. The summed E-state index contributed by atoms with van der Waals surface area (Å²) >= 11 is 0. The van der Waals surface area contributed by atoms with Gasteiger partial charge in [0.05, 0.1) is 6.04 Å². The van der Waals surface area contributed by atoms with Crippen LogP contribution in [0, 0.1) is 11.3 Å². The molecule has 3 nitrogen and oxygen atoms in total. The highest BCUT2D eigenvalue weighted by Gasteiger charge is 2.39. The van der Waals surface area contributed by atoms with E-state index in [4.69, 9.17) is 5.73 Å². The van der Waals surface area contributed by atoms with Crippen LogP contribution in [0.4, 0.5) is 0 Å². The number of carbonyl (C=O) groups excluding carboxylic acids is 1. The van der Waals surface area contributed by atoms with E-state index in [1.165, 1.54) is 5.56 Å². The van der Waals surface area contributed by atoms with Gasteiger partial charge < -0.3 is 10.6 Å². The Balaban J connectivity index is 2.32. The zero-order chi connectivity index (χ0) is 14.0. The Labute approximate surface area is 115 Å². The highest BCUT2D eigenvalue weighted by Crippen LogP contribution is 2.40. The smallest absolute Gasteiger partial charge is 0.223 e. The van der Waals surface area contributed by atoms with E-state index in [0.717, 1.165) is 6.54 Å². The monoisotopic (exact) mass is 260 g/mol. The highest BCUT2D eigenvalue weighted by atomic mass is 16.2. The second kappa shape index (κ2) is 5.33. The molecule has 0 spiro atoms. The van der Waals surface area contributed by atoms with Gasteiger partial charge in [-0.3, -0.25) is 4.79 Å². The lowest BCUT2D eigenvalue weighted by atomic mass is 9.81. The van der Waals surface area contributed by atoms with E-state index in [9.17, 15) is 4.79 Å². The Bertz CT molecular complexity index is 436. The first-order valence-electron chi connectivity index (χ1n) is 6.98. The van der Waals surface area contributed by atoms with Crippen molar-refractivity contribution in [2.45, 2.75) is 33.2 Å². The Morgan fingerprint density at radius 2 is 1.95 bits per heavy atom. The van der Waals surface area contributed by atoms with Crippen molar-refractivity contribution in [3.05, 3.63) is 35.9 Å². The van der Waals surface area contributed by atoms with Crippen molar-refractivity contribution in [3.63, 3.8) is 0 Å².